The first-order valence-electron chi connectivity index (χ1n) is 6.19. The summed E-state index contributed by atoms with van der Waals surface area (Å²) in [6.45, 7) is 1.92. The molecule has 0 saturated carbocycles. The number of halogens is 1. The molecule has 1 aliphatic rings. The van der Waals surface area contributed by atoms with Gasteiger partial charge in [0.05, 0.1) is 7.11 Å². The van der Waals surface area contributed by atoms with Gasteiger partial charge in [-0.15, -0.1) is 0 Å². The second kappa shape index (κ2) is 5.20. The summed E-state index contributed by atoms with van der Waals surface area (Å²) in [7, 11) is 1.45. The van der Waals surface area contributed by atoms with Crippen LogP contribution in [0.2, 0.25) is 0 Å². The van der Waals surface area contributed by atoms with Crippen LogP contribution in [0.4, 0.5) is 4.39 Å². The van der Waals surface area contributed by atoms with Crippen molar-refractivity contribution in [1.82, 2.24) is 4.90 Å². The molecule has 0 saturated heterocycles. The number of carbonyl (C=O) groups is 2. The molecule has 1 unspecified atom stereocenters. The molecular formula is C14H16FNO4. The Morgan fingerprint density at radius 2 is 2.25 bits per heavy atom. The maximum absolute atomic E-state index is 14.0. The van der Waals surface area contributed by atoms with Gasteiger partial charge in [-0.2, -0.15) is 0 Å². The minimum atomic E-state index is -1.33. The molecule has 20 heavy (non-hydrogen) atoms. The number of hydrogen-bond acceptors (Lipinski definition) is 4. The summed E-state index contributed by atoms with van der Waals surface area (Å²) < 4.78 is 19.0. The smallest absolute Gasteiger partial charge is 0.324 e. The van der Waals surface area contributed by atoms with E-state index >= 15 is 0 Å². The van der Waals surface area contributed by atoms with Gasteiger partial charge in [-0.25, -0.2) is 4.39 Å². The van der Waals surface area contributed by atoms with Gasteiger partial charge in [0.25, 0.3) is 0 Å². The molecule has 1 aliphatic heterocycles. The van der Waals surface area contributed by atoms with Crippen LogP contribution in [0.5, 0.6) is 5.75 Å². The molecule has 0 fully saturated rings. The fourth-order valence-corrected chi connectivity index (χ4v) is 2.42. The second-order valence-electron chi connectivity index (χ2n) is 5.05. The van der Waals surface area contributed by atoms with Gasteiger partial charge in [-0.3, -0.25) is 9.69 Å². The minimum absolute atomic E-state index is 0.144. The maximum atomic E-state index is 14.0. The zero-order chi connectivity index (χ0) is 14.9. The number of methoxy groups -OCH3 is 1. The molecule has 0 aliphatic carbocycles. The van der Waals surface area contributed by atoms with Gasteiger partial charge in [-0.1, -0.05) is 0 Å². The number of aldehydes is 1. The molecule has 0 aromatic heterocycles. The van der Waals surface area contributed by atoms with E-state index in [9.17, 15) is 19.1 Å². The largest absolute Gasteiger partial charge is 0.497 e. The highest BCUT2D eigenvalue weighted by atomic mass is 19.1. The van der Waals surface area contributed by atoms with Gasteiger partial charge in [0.2, 0.25) is 0 Å². The quantitative estimate of drug-likeness (QED) is 0.830. The van der Waals surface area contributed by atoms with Gasteiger partial charge in [0.15, 0.2) is 0 Å². The summed E-state index contributed by atoms with van der Waals surface area (Å²) in [6.07, 6.45) is 0.434. The van der Waals surface area contributed by atoms with Gasteiger partial charge >= 0.3 is 5.97 Å². The summed E-state index contributed by atoms with van der Waals surface area (Å²) in [5, 5.41) is 9.35. The molecule has 6 heteroatoms. The third kappa shape index (κ3) is 2.27. The van der Waals surface area contributed by atoms with Crippen LogP contribution >= 0.6 is 0 Å². The first-order valence-corrected chi connectivity index (χ1v) is 6.19. The molecule has 0 amide bonds. The molecule has 0 spiro atoms. The van der Waals surface area contributed by atoms with E-state index in [0.717, 1.165) is 0 Å². The van der Waals surface area contributed by atoms with Crippen LogP contribution in [-0.2, 0) is 22.7 Å². The number of ether oxygens (including phenoxy) is 1. The topological polar surface area (TPSA) is 66.8 Å². The van der Waals surface area contributed by atoms with Crippen molar-refractivity contribution in [3.05, 3.63) is 29.1 Å². The molecule has 2 rings (SSSR count). The second-order valence-corrected chi connectivity index (χ2v) is 5.05. The molecule has 1 aromatic carbocycles. The molecule has 5 nitrogen and oxygen atoms in total. The van der Waals surface area contributed by atoms with Gasteiger partial charge < -0.3 is 14.6 Å². The van der Waals surface area contributed by atoms with E-state index in [-0.39, 0.29) is 19.5 Å². The number of carbonyl (C=O) groups excluding carboxylic acids is 1. The molecular weight excluding hydrogens is 265 g/mol. The predicted octanol–water partition coefficient (Wildman–Crippen LogP) is 1.58. The molecule has 0 bridgehead atoms. The lowest BCUT2D eigenvalue weighted by molar-refractivity contribution is -0.152. The number of aliphatic carboxylic acids is 1. The summed E-state index contributed by atoms with van der Waals surface area (Å²) in [4.78, 5) is 23.8. The summed E-state index contributed by atoms with van der Waals surface area (Å²) >= 11 is 0. The van der Waals surface area contributed by atoms with Crippen molar-refractivity contribution in [3.8, 4) is 5.75 Å². The Balaban J connectivity index is 2.35. The van der Waals surface area contributed by atoms with E-state index in [4.69, 9.17) is 4.74 Å². The zero-order valence-electron chi connectivity index (χ0n) is 11.4. The normalized spacial score (nSPS) is 17.4. The number of fused-ring (bicyclic) bond motifs is 1. The fourth-order valence-electron chi connectivity index (χ4n) is 2.42. The minimum Gasteiger partial charge on any atom is -0.497 e. The SMILES string of the molecule is COc1cc(F)c2c(c1)CN(C(C)(CC=O)C(=O)O)C2. The molecule has 1 N–H and O–H groups in total. The molecule has 1 atom stereocenters. The average molecular weight is 281 g/mol. The molecule has 1 aromatic rings. The van der Waals surface area contributed by atoms with Gasteiger partial charge in [-0.05, 0) is 18.6 Å². The lowest BCUT2D eigenvalue weighted by Gasteiger charge is -2.33. The van der Waals surface area contributed by atoms with Crippen molar-refractivity contribution in [3.63, 3.8) is 0 Å². The number of hydrogen-bond donors (Lipinski definition) is 1. The first-order chi connectivity index (χ1) is 9.42. The van der Waals surface area contributed by atoms with Crippen LogP contribution < -0.4 is 4.74 Å². The summed E-state index contributed by atoms with van der Waals surface area (Å²) in [5.41, 5.74) is -0.176. The summed E-state index contributed by atoms with van der Waals surface area (Å²) in [5.74, 6) is -1.11. The van der Waals surface area contributed by atoms with Crippen molar-refractivity contribution in [2.75, 3.05) is 7.11 Å². The highest BCUT2D eigenvalue weighted by Crippen LogP contribution is 2.34. The van der Waals surface area contributed by atoms with Crippen molar-refractivity contribution >= 4 is 12.3 Å². The zero-order valence-corrected chi connectivity index (χ0v) is 11.4. The van der Waals surface area contributed by atoms with Crippen molar-refractivity contribution in [2.45, 2.75) is 32.0 Å². The van der Waals surface area contributed by atoms with E-state index in [1.165, 1.54) is 20.1 Å². The highest BCUT2D eigenvalue weighted by Gasteiger charge is 2.42. The standard InChI is InChI=1S/C14H16FNO4/c1-14(3-4-17,13(18)19)16-7-9-5-10(20-2)6-12(15)11(9)8-16/h4-6H,3,7-8H2,1-2H3,(H,18,19). The number of rotatable bonds is 5. The van der Waals surface area contributed by atoms with E-state index in [1.54, 1.807) is 11.0 Å². The van der Waals surface area contributed by atoms with Crippen LogP contribution in [0.25, 0.3) is 0 Å². The fraction of sp³-hybridized carbons (Fsp3) is 0.429. The predicted molar refractivity (Wildman–Crippen MR) is 68.9 cm³/mol. The summed E-state index contributed by atoms with van der Waals surface area (Å²) in [6, 6.07) is 2.97. The van der Waals surface area contributed by atoms with Gasteiger partial charge in [0.1, 0.15) is 23.4 Å². The van der Waals surface area contributed by atoms with Gasteiger partial charge in [0, 0.05) is 31.1 Å². The lowest BCUT2D eigenvalue weighted by atomic mass is 9.96. The Hall–Kier alpha value is -1.95. The monoisotopic (exact) mass is 281 g/mol. The highest BCUT2D eigenvalue weighted by molar-refractivity contribution is 5.81. The van der Waals surface area contributed by atoms with E-state index in [2.05, 4.69) is 0 Å². The van der Waals surface area contributed by atoms with Crippen LogP contribution in [0.3, 0.4) is 0 Å². The Morgan fingerprint density at radius 3 is 2.80 bits per heavy atom. The molecule has 1 heterocycles. The number of benzene rings is 1. The maximum Gasteiger partial charge on any atom is 0.324 e. The van der Waals surface area contributed by atoms with E-state index in [0.29, 0.717) is 23.2 Å². The molecule has 0 radical (unpaired) electrons. The van der Waals surface area contributed by atoms with Crippen molar-refractivity contribution in [1.29, 1.82) is 0 Å². The number of carboxylic acid groups (broad SMARTS) is 1. The Bertz CT molecular complexity index is 560. The van der Waals surface area contributed by atoms with E-state index in [1.807, 2.05) is 0 Å². The van der Waals surface area contributed by atoms with E-state index < -0.39 is 17.3 Å². The Labute approximate surface area is 116 Å². The Kier molecular flexibility index (Phi) is 3.76. The lowest BCUT2D eigenvalue weighted by Crippen LogP contribution is -2.50. The number of nitrogens with zero attached hydrogens (tertiary/aromatic N) is 1. The third-order valence-electron chi connectivity index (χ3n) is 3.85. The van der Waals surface area contributed by atoms with Crippen molar-refractivity contribution in [2.24, 2.45) is 0 Å². The number of carboxylic acids is 1. The average Bonchev–Trinajstić information content (AvgIpc) is 2.83. The van der Waals surface area contributed by atoms with Crippen molar-refractivity contribution < 1.29 is 23.8 Å². The third-order valence-corrected chi connectivity index (χ3v) is 3.85. The first kappa shape index (κ1) is 14.5. The van der Waals surface area contributed by atoms with Crippen LogP contribution in [0, 0.1) is 5.82 Å². The Morgan fingerprint density at radius 1 is 1.55 bits per heavy atom. The van der Waals surface area contributed by atoms with Crippen LogP contribution in [0.15, 0.2) is 12.1 Å². The van der Waals surface area contributed by atoms with Crippen LogP contribution in [0.1, 0.15) is 24.5 Å². The van der Waals surface area contributed by atoms with Crippen LogP contribution in [-0.4, -0.2) is 34.9 Å². The molecule has 108 valence electrons.